The number of hydrogen-bond donors (Lipinski definition) is 1. The molecule has 1 heterocycles. The van der Waals surface area contributed by atoms with E-state index >= 15 is 0 Å². The second-order valence-corrected chi connectivity index (χ2v) is 6.51. The highest BCUT2D eigenvalue weighted by Crippen LogP contribution is 2.26. The maximum Gasteiger partial charge on any atom is 0.173 e. The number of thiocarbonyl (C=S) groups is 1. The number of benzene rings is 1. The van der Waals surface area contributed by atoms with Crippen LogP contribution in [0.25, 0.3) is 0 Å². The number of anilines is 1. The van der Waals surface area contributed by atoms with Crippen molar-refractivity contribution in [3.8, 4) is 0 Å². The summed E-state index contributed by atoms with van der Waals surface area (Å²) in [6.07, 6.45) is 2.36. The first kappa shape index (κ1) is 15.8. The van der Waals surface area contributed by atoms with Gasteiger partial charge in [-0.1, -0.05) is 23.2 Å². The van der Waals surface area contributed by atoms with E-state index in [9.17, 15) is 0 Å². The summed E-state index contributed by atoms with van der Waals surface area (Å²) >= 11 is 17.5. The van der Waals surface area contributed by atoms with Gasteiger partial charge >= 0.3 is 0 Å². The van der Waals surface area contributed by atoms with Gasteiger partial charge < -0.3 is 15.1 Å². The number of halogens is 2. The van der Waals surface area contributed by atoms with Crippen molar-refractivity contribution in [1.29, 1.82) is 0 Å². The monoisotopic (exact) mass is 331 g/mol. The Hall–Kier alpha value is -0.550. The fourth-order valence-electron chi connectivity index (χ4n) is 2.48. The van der Waals surface area contributed by atoms with Crippen molar-refractivity contribution in [3.05, 3.63) is 28.2 Å². The van der Waals surface area contributed by atoms with Crippen molar-refractivity contribution in [2.75, 3.05) is 32.5 Å². The molecule has 2 rings (SSSR count). The summed E-state index contributed by atoms with van der Waals surface area (Å²) in [6, 6.07) is 5.94. The lowest BCUT2D eigenvalue weighted by molar-refractivity contribution is 0.288. The Bertz CT molecular complexity index is 493. The maximum absolute atomic E-state index is 6.02. The first-order valence-electron chi connectivity index (χ1n) is 6.65. The molecular formula is C14H19Cl2N3S. The number of hydrogen-bond acceptors (Lipinski definition) is 2. The predicted octanol–water partition coefficient (Wildman–Crippen LogP) is 3.72. The van der Waals surface area contributed by atoms with Gasteiger partial charge in [-0.25, -0.2) is 0 Å². The molecular weight excluding hydrogens is 313 g/mol. The molecule has 1 saturated heterocycles. The fourth-order valence-corrected chi connectivity index (χ4v) is 3.14. The molecule has 0 aliphatic carbocycles. The van der Waals surface area contributed by atoms with Gasteiger partial charge in [-0.3, -0.25) is 0 Å². The molecule has 1 aliphatic rings. The molecule has 0 amide bonds. The molecule has 1 aromatic rings. The SMILES string of the molecule is CN(C)CC1CCCN1C(=S)Nc1ccc(Cl)c(Cl)c1. The summed E-state index contributed by atoms with van der Waals surface area (Å²) in [5.74, 6) is 0. The highest BCUT2D eigenvalue weighted by atomic mass is 35.5. The predicted molar refractivity (Wildman–Crippen MR) is 91.0 cm³/mol. The Morgan fingerprint density at radius 1 is 1.40 bits per heavy atom. The van der Waals surface area contributed by atoms with E-state index in [0.717, 1.165) is 23.9 Å². The second-order valence-electron chi connectivity index (χ2n) is 5.31. The molecule has 20 heavy (non-hydrogen) atoms. The Morgan fingerprint density at radius 3 is 2.80 bits per heavy atom. The van der Waals surface area contributed by atoms with Gasteiger partial charge in [0.15, 0.2) is 5.11 Å². The highest BCUT2D eigenvalue weighted by molar-refractivity contribution is 7.80. The largest absolute Gasteiger partial charge is 0.345 e. The second kappa shape index (κ2) is 6.94. The Morgan fingerprint density at radius 2 is 2.15 bits per heavy atom. The summed E-state index contributed by atoms with van der Waals surface area (Å²) in [5.41, 5.74) is 0.875. The minimum Gasteiger partial charge on any atom is -0.345 e. The van der Waals surface area contributed by atoms with Crippen LogP contribution in [0.3, 0.4) is 0 Å². The van der Waals surface area contributed by atoms with E-state index < -0.39 is 0 Å². The zero-order valence-electron chi connectivity index (χ0n) is 11.7. The average Bonchev–Trinajstić information content (AvgIpc) is 2.81. The van der Waals surface area contributed by atoms with E-state index in [2.05, 4.69) is 29.2 Å². The average molecular weight is 332 g/mol. The van der Waals surface area contributed by atoms with Gasteiger partial charge in [0.1, 0.15) is 0 Å². The first-order valence-corrected chi connectivity index (χ1v) is 7.81. The van der Waals surface area contributed by atoms with Crippen LogP contribution in [-0.4, -0.2) is 48.1 Å². The molecule has 1 atom stereocenters. The zero-order valence-corrected chi connectivity index (χ0v) is 14.0. The van der Waals surface area contributed by atoms with Crippen LogP contribution < -0.4 is 5.32 Å². The number of rotatable bonds is 3. The Kier molecular flexibility index (Phi) is 5.49. The molecule has 0 spiro atoms. The van der Waals surface area contributed by atoms with Crippen LogP contribution in [0.5, 0.6) is 0 Å². The molecule has 1 aliphatic heterocycles. The summed E-state index contributed by atoms with van der Waals surface area (Å²) in [5, 5.41) is 5.09. The third-order valence-electron chi connectivity index (χ3n) is 3.38. The van der Waals surface area contributed by atoms with Crippen LogP contribution in [0, 0.1) is 0 Å². The van der Waals surface area contributed by atoms with Crippen molar-refractivity contribution >= 4 is 46.2 Å². The summed E-state index contributed by atoms with van der Waals surface area (Å²) in [6.45, 7) is 2.02. The van der Waals surface area contributed by atoms with Crippen LogP contribution in [0.15, 0.2) is 18.2 Å². The first-order chi connectivity index (χ1) is 9.47. The lowest BCUT2D eigenvalue weighted by atomic mass is 10.2. The molecule has 6 heteroatoms. The van der Waals surface area contributed by atoms with Crippen molar-refractivity contribution < 1.29 is 0 Å². The van der Waals surface area contributed by atoms with Gasteiger partial charge in [0, 0.05) is 24.8 Å². The lowest BCUT2D eigenvalue weighted by Crippen LogP contribution is -2.43. The molecule has 0 aromatic heterocycles. The molecule has 3 nitrogen and oxygen atoms in total. The molecule has 110 valence electrons. The summed E-state index contributed by atoms with van der Waals surface area (Å²) < 4.78 is 0. The summed E-state index contributed by atoms with van der Waals surface area (Å²) in [4.78, 5) is 4.46. The van der Waals surface area contributed by atoms with E-state index in [4.69, 9.17) is 35.4 Å². The third kappa shape index (κ3) is 3.98. The van der Waals surface area contributed by atoms with Crippen molar-refractivity contribution in [1.82, 2.24) is 9.80 Å². The Balaban J connectivity index is 2.01. The summed E-state index contributed by atoms with van der Waals surface area (Å²) in [7, 11) is 4.18. The van der Waals surface area contributed by atoms with Gasteiger partial charge in [-0.05, 0) is 57.4 Å². The van der Waals surface area contributed by atoms with Crippen molar-refractivity contribution in [2.45, 2.75) is 18.9 Å². The number of nitrogens with zero attached hydrogens (tertiary/aromatic N) is 2. The molecule has 1 aromatic carbocycles. The highest BCUT2D eigenvalue weighted by Gasteiger charge is 2.26. The van der Waals surface area contributed by atoms with E-state index in [0.29, 0.717) is 16.1 Å². The molecule has 0 bridgehead atoms. The quantitative estimate of drug-likeness (QED) is 0.850. The van der Waals surface area contributed by atoms with Crippen LogP contribution in [-0.2, 0) is 0 Å². The smallest absolute Gasteiger partial charge is 0.173 e. The standard InChI is InChI=1S/C14H19Cl2N3S/c1-18(2)9-11-4-3-7-19(11)14(20)17-10-5-6-12(15)13(16)8-10/h5-6,8,11H,3-4,7,9H2,1-2H3,(H,17,20). The molecule has 1 unspecified atom stereocenters. The minimum atomic E-state index is 0.479. The zero-order chi connectivity index (χ0) is 14.7. The number of likely N-dealkylation sites (N-methyl/N-ethyl adjacent to an activating group) is 1. The minimum absolute atomic E-state index is 0.479. The van der Waals surface area contributed by atoms with Crippen LogP contribution in [0.2, 0.25) is 10.0 Å². The molecule has 0 radical (unpaired) electrons. The number of nitrogens with one attached hydrogen (secondary N) is 1. The topological polar surface area (TPSA) is 18.5 Å². The van der Waals surface area contributed by atoms with Crippen molar-refractivity contribution in [3.63, 3.8) is 0 Å². The van der Waals surface area contributed by atoms with Gasteiger partial charge in [0.2, 0.25) is 0 Å². The van der Waals surface area contributed by atoms with Gasteiger partial charge in [-0.15, -0.1) is 0 Å². The van der Waals surface area contributed by atoms with Crippen molar-refractivity contribution in [2.24, 2.45) is 0 Å². The normalized spacial score (nSPS) is 18.6. The van der Waals surface area contributed by atoms with E-state index in [1.165, 1.54) is 12.8 Å². The van der Waals surface area contributed by atoms with E-state index in [1.54, 1.807) is 12.1 Å². The maximum atomic E-state index is 6.02. The molecule has 0 saturated carbocycles. The number of likely N-dealkylation sites (tertiary alicyclic amines) is 1. The lowest BCUT2D eigenvalue weighted by Gasteiger charge is -2.29. The van der Waals surface area contributed by atoms with Crippen LogP contribution in [0.1, 0.15) is 12.8 Å². The fraction of sp³-hybridized carbons (Fsp3) is 0.500. The third-order valence-corrected chi connectivity index (χ3v) is 4.46. The van der Waals surface area contributed by atoms with Crippen LogP contribution >= 0.6 is 35.4 Å². The van der Waals surface area contributed by atoms with Crippen LogP contribution in [0.4, 0.5) is 5.69 Å². The van der Waals surface area contributed by atoms with Gasteiger partial charge in [0.05, 0.1) is 10.0 Å². The Labute approximate surface area is 135 Å². The van der Waals surface area contributed by atoms with E-state index in [1.807, 2.05) is 6.07 Å². The van der Waals surface area contributed by atoms with E-state index in [-0.39, 0.29) is 0 Å². The van der Waals surface area contributed by atoms with Gasteiger partial charge in [-0.2, -0.15) is 0 Å². The van der Waals surface area contributed by atoms with Gasteiger partial charge in [0.25, 0.3) is 0 Å². The molecule has 1 fully saturated rings. The molecule has 1 N–H and O–H groups in total.